The molecule has 158 valence electrons. The van der Waals surface area contributed by atoms with Crippen molar-refractivity contribution in [3.63, 3.8) is 0 Å². The molecule has 1 aliphatic rings. The maximum atomic E-state index is 12.3. The summed E-state index contributed by atoms with van der Waals surface area (Å²) in [4.78, 5) is 4.34. The van der Waals surface area contributed by atoms with Gasteiger partial charge in [0.1, 0.15) is 0 Å². The van der Waals surface area contributed by atoms with E-state index in [2.05, 4.69) is 27.3 Å². The summed E-state index contributed by atoms with van der Waals surface area (Å²) in [5.41, 5.74) is 2.15. The average Bonchev–Trinajstić information content (AvgIpc) is 3.11. The molecule has 28 heavy (non-hydrogen) atoms. The molecule has 2 rings (SSSR count). The summed E-state index contributed by atoms with van der Waals surface area (Å²) >= 11 is 0. The monoisotopic (exact) mass is 408 g/mol. The molecule has 0 saturated heterocycles. The van der Waals surface area contributed by atoms with Crippen LogP contribution in [-0.2, 0) is 22.3 Å². The molecule has 0 bridgehead atoms. The molecule has 1 fully saturated rings. The smallest absolute Gasteiger partial charge is 0.216 e. The predicted octanol–water partition coefficient (Wildman–Crippen LogP) is 3.15. The minimum absolute atomic E-state index is 0.0198. The lowest BCUT2D eigenvalue weighted by molar-refractivity contribution is 0.283. The first kappa shape index (κ1) is 22.7. The maximum absolute atomic E-state index is 12.3. The quantitative estimate of drug-likeness (QED) is 0.433. The van der Waals surface area contributed by atoms with Gasteiger partial charge in [0.15, 0.2) is 5.96 Å². The molecule has 1 aromatic rings. The summed E-state index contributed by atoms with van der Waals surface area (Å²) in [5.74, 6) is 0.742. The predicted molar refractivity (Wildman–Crippen MR) is 117 cm³/mol. The lowest BCUT2D eigenvalue weighted by Crippen LogP contribution is -2.42. The fourth-order valence-electron chi connectivity index (χ4n) is 3.93. The first-order valence-electron chi connectivity index (χ1n) is 10.3. The molecular weight excluding hydrogens is 372 g/mol. The van der Waals surface area contributed by atoms with Crippen molar-refractivity contribution < 1.29 is 8.42 Å². The van der Waals surface area contributed by atoms with Crippen LogP contribution in [0.15, 0.2) is 29.3 Å². The third-order valence-electron chi connectivity index (χ3n) is 5.59. The van der Waals surface area contributed by atoms with Crippen LogP contribution in [0.5, 0.6) is 0 Å². The summed E-state index contributed by atoms with van der Waals surface area (Å²) in [6, 6.07) is 7.54. The van der Waals surface area contributed by atoms with E-state index in [1.165, 1.54) is 32.1 Å². The number of nitrogens with one attached hydrogen (secondary N) is 3. The highest BCUT2D eigenvalue weighted by Gasteiger charge is 2.31. The Morgan fingerprint density at radius 1 is 1.14 bits per heavy atom. The fourth-order valence-corrected chi connectivity index (χ4v) is 5.42. The van der Waals surface area contributed by atoms with E-state index >= 15 is 0 Å². The number of benzene rings is 1. The SMILES string of the molecule is CCC1(CNC(=NC)NCc2ccccc2CS(=O)(=O)NC(C)C)CCCC1. The van der Waals surface area contributed by atoms with Crippen molar-refractivity contribution in [1.29, 1.82) is 0 Å². The van der Waals surface area contributed by atoms with Gasteiger partial charge in [0.2, 0.25) is 10.0 Å². The van der Waals surface area contributed by atoms with Gasteiger partial charge in [-0.1, -0.05) is 44.0 Å². The molecule has 0 aliphatic heterocycles. The Labute approximate surface area is 170 Å². The van der Waals surface area contributed by atoms with Gasteiger partial charge in [-0.3, -0.25) is 4.99 Å². The van der Waals surface area contributed by atoms with Crippen molar-refractivity contribution in [1.82, 2.24) is 15.4 Å². The zero-order valence-corrected chi connectivity index (χ0v) is 18.5. The van der Waals surface area contributed by atoms with E-state index in [0.717, 1.165) is 23.6 Å². The number of rotatable bonds is 9. The largest absolute Gasteiger partial charge is 0.356 e. The van der Waals surface area contributed by atoms with Crippen molar-refractivity contribution in [3.8, 4) is 0 Å². The second kappa shape index (κ2) is 10.3. The van der Waals surface area contributed by atoms with Gasteiger partial charge in [-0.15, -0.1) is 0 Å². The molecule has 0 atom stereocenters. The van der Waals surface area contributed by atoms with Gasteiger partial charge >= 0.3 is 0 Å². The van der Waals surface area contributed by atoms with Crippen molar-refractivity contribution in [2.24, 2.45) is 10.4 Å². The highest BCUT2D eigenvalue weighted by Crippen LogP contribution is 2.40. The Morgan fingerprint density at radius 3 is 2.36 bits per heavy atom. The van der Waals surface area contributed by atoms with Crippen LogP contribution in [0.1, 0.15) is 64.0 Å². The summed E-state index contributed by atoms with van der Waals surface area (Å²) in [6.07, 6.45) is 6.36. The Hall–Kier alpha value is -1.60. The zero-order valence-electron chi connectivity index (χ0n) is 17.7. The van der Waals surface area contributed by atoms with Gasteiger partial charge in [-0.05, 0) is 49.7 Å². The van der Waals surface area contributed by atoms with Crippen LogP contribution in [-0.4, -0.2) is 34.0 Å². The standard InChI is InChI=1S/C21H36N4O2S/c1-5-21(12-8-9-13-21)16-24-20(22-4)23-14-18-10-6-7-11-19(18)15-28(26,27)25-17(2)3/h6-7,10-11,17,25H,5,8-9,12-16H2,1-4H3,(H2,22,23,24). The third kappa shape index (κ3) is 6.78. The van der Waals surface area contributed by atoms with Gasteiger partial charge < -0.3 is 10.6 Å². The molecular formula is C21H36N4O2S. The number of sulfonamides is 1. The van der Waals surface area contributed by atoms with Crippen LogP contribution in [0, 0.1) is 5.41 Å². The van der Waals surface area contributed by atoms with Crippen LogP contribution >= 0.6 is 0 Å². The van der Waals surface area contributed by atoms with E-state index in [0.29, 0.717) is 12.0 Å². The molecule has 6 nitrogen and oxygen atoms in total. The lowest BCUT2D eigenvalue weighted by Gasteiger charge is -2.28. The average molecular weight is 409 g/mol. The molecule has 0 unspecified atom stereocenters. The molecule has 7 heteroatoms. The van der Waals surface area contributed by atoms with Gasteiger partial charge in [-0.2, -0.15) is 0 Å². The van der Waals surface area contributed by atoms with E-state index in [9.17, 15) is 8.42 Å². The maximum Gasteiger partial charge on any atom is 0.216 e. The molecule has 0 heterocycles. The normalized spacial score (nSPS) is 17.1. The first-order chi connectivity index (χ1) is 13.3. The van der Waals surface area contributed by atoms with E-state index < -0.39 is 10.0 Å². The van der Waals surface area contributed by atoms with Crippen molar-refractivity contribution in [3.05, 3.63) is 35.4 Å². The molecule has 0 radical (unpaired) electrons. The topological polar surface area (TPSA) is 82.6 Å². The van der Waals surface area contributed by atoms with Gasteiger partial charge in [-0.25, -0.2) is 13.1 Å². The van der Waals surface area contributed by atoms with Crippen LogP contribution < -0.4 is 15.4 Å². The summed E-state index contributed by atoms with van der Waals surface area (Å²) in [5, 5.41) is 6.82. The Bertz CT molecular complexity index is 753. The summed E-state index contributed by atoms with van der Waals surface area (Å²) in [6.45, 7) is 7.39. The zero-order chi connectivity index (χ0) is 20.6. The highest BCUT2D eigenvalue weighted by molar-refractivity contribution is 7.88. The minimum Gasteiger partial charge on any atom is -0.356 e. The van der Waals surface area contributed by atoms with Crippen LogP contribution in [0.25, 0.3) is 0 Å². The Morgan fingerprint density at radius 2 is 1.79 bits per heavy atom. The highest BCUT2D eigenvalue weighted by atomic mass is 32.2. The van der Waals surface area contributed by atoms with Crippen LogP contribution in [0.2, 0.25) is 0 Å². The van der Waals surface area contributed by atoms with Crippen molar-refractivity contribution in [2.75, 3.05) is 13.6 Å². The summed E-state index contributed by atoms with van der Waals surface area (Å²) in [7, 11) is -1.59. The van der Waals surface area contributed by atoms with Crippen LogP contribution in [0.3, 0.4) is 0 Å². The second-order valence-corrected chi connectivity index (χ2v) is 9.89. The van der Waals surface area contributed by atoms with Crippen LogP contribution in [0.4, 0.5) is 0 Å². The molecule has 3 N–H and O–H groups in total. The van der Waals surface area contributed by atoms with Gasteiger partial charge in [0.25, 0.3) is 0 Å². The van der Waals surface area contributed by atoms with Gasteiger partial charge in [0, 0.05) is 26.2 Å². The molecule has 0 spiro atoms. The summed E-state index contributed by atoms with van der Waals surface area (Å²) < 4.78 is 27.3. The van der Waals surface area contributed by atoms with Crippen molar-refractivity contribution in [2.45, 2.75) is 71.2 Å². The number of hydrogen-bond acceptors (Lipinski definition) is 3. The van der Waals surface area contributed by atoms with E-state index in [1.807, 2.05) is 38.1 Å². The van der Waals surface area contributed by atoms with Gasteiger partial charge in [0.05, 0.1) is 5.75 Å². The van der Waals surface area contributed by atoms with E-state index in [1.54, 1.807) is 7.05 Å². The number of hydrogen-bond donors (Lipinski definition) is 3. The minimum atomic E-state index is -3.36. The fraction of sp³-hybridized carbons (Fsp3) is 0.667. The molecule has 1 saturated carbocycles. The van der Waals surface area contributed by atoms with E-state index in [-0.39, 0.29) is 11.8 Å². The first-order valence-corrected chi connectivity index (χ1v) is 12.0. The lowest BCUT2D eigenvalue weighted by atomic mass is 9.83. The third-order valence-corrected chi connectivity index (χ3v) is 7.12. The Balaban J connectivity index is 1.97. The van der Waals surface area contributed by atoms with E-state index in [4.69, 9.17) is 0 Å². The molecule has 0 aromatic heterocycles. The van der Waals surface area contributed by atoms with Crippen molar-refractivity contribution >= 4 is 16.0 Å². The molecule has 0 amide bonds. The molecule has 1 aromatic carbocycles. The second-order valence-electron chi connectivity index (χ2n) is 8.14. The molecule has 1 aliphatic carbocycles. The number of aliphatic imine (C=N–C) groups is 1. The Kier molecular flexibility index (Phi) is 8.31. The number of guanidine groups is 1. The number of nitrogens with zero attached hydrogens (tertiary/aromatic N) is 1.